The summed E-state index contributed by atoms with van der Waals surface area (Å²) in [5.41, 5.74) is 7.27. The smallest absolute Gasteiger partial charge is 0.271 e. The van der Waals surface area contributed by atoms with E-state index in [9.17, 15) is 4.79 Å². The Kier molecular flexibility index (Phi) is 5.52. The number of nitrogens with zero attached hydrogens (tertiary/aromatic N) is 4. The quantitative estimate of drug-likeness (QED) is 0.398. The highest BCUT2D eigenvalue weighted by atomic mass is 32.2. The van der Waals surface area contributed by atoms with E-state index >= 15 is 0 Å². The number of benzene rings is 1. The van der Waals surface area contributed by atoms with Crippen LogP contribution >= 0.6 is 11.8 Å². The molecular formula is C18H20N6OS. The van der Waals surface area contributed by atoms with Crippen molar-refractivity contribution in [3.8, 4) is 0 Å². The van der Waals surface area contributed by atoms with E-state index in [2.05, 4.69) is 25.7 Å². The minimum Gasteiger partial charge on any atom is -0.362 e. The van der Waals surface area contributed by atoms with Crippen molar-refractivity contribution in [1.29, 1.82) is 0 Å². The second kappa shape index (κ2) is 8.01. The molecule has 1 aromatic carbocycles. The maximum atomic E-state index is 12.2. The summed E-state index contributed by atoms with van der Waals surface area (Å²) >= 11 is 1.60. The van der Waals surface area contributed by atoms with Crippen molar-refractivity contribution in [2.24, 2.45) is 12.1 Å². The highest BCUT2D eigenvalue weighted by molar-refractivity contribution is 7.98. The third-order valence-corrected chi connectivity index (χ3v) is 4.92. The fraction of sp³-hybridized carbons (Fsp3) is 0.222. The van der Waals surface area contributed by atoms with Gasteiger partial charge in [-0.05, 0) is 37.6 Å². The Morgan fingerprint density at radius 2 is 2.12 bits per heavy atom. The van der Waals surface area contributed by atoms with Crippen LogP contribution in [0.2, 0.25) is 0 Å². The van der Waals surface area contributed by atoms with Crippen LogP contribution in [0.1, 0.15) is 32.9 Å². The molecule has 2 N–H and O–H groups in total. The van der Waals surface area contributed by atoms with Crippen LogP contribution in [0.25, 0.3) is 0 Å². The van der Waals surface area contributed by atoms with E-state index in [0.717, 1.165) is 33.4 Å². The van der Waals surface area contributed by atoms with Gasteiger partial charge in [0.25, 0.3) is 5.91 Å². The van der Waals surface area contributed by atoms with Crippen LogP contribution < -0.4 is 5.43 Å². The predicted octanol–water partition coefficient (Wildman–Crippen LogP) is 2.82. The van der Waals surface area contributed by atoms with Crippen molar-refractivity contribution in [3.63, 3.8) is 0 Å². The second-order valence-corrected chi connectivity index (χ2v) is 6.88. The van der Waals surface area contributed by atoms with Crippen LogP contribution in [0.3, 0.4) is 0 Å². The van der Waals surface area contributed by atoms with Gasteiger partial charge >= 0.3 is 0 Å². The van der Waals surface area contributed by atoms with Gasteiger partial charge in [0.15, 0.2) is 5.16 Å². The number of H-pyrrole nitrogens is 1. The summed E-state index contributed by atoms with van der Waals surface area (Å²) in [5.74, 6) is 0.525. The Morgan fingerprint density at radius 1 is 1.35 bits per heavy atom. The van der Waals surface area contributed by atoms with Crippen LogP contribution in [-0.4, -0.2) is 31.9 Å². The van der Waals surface area contributed by atoms with Crippen molar-refractivity contribution < 1.29 is 4.79 Å². The van der Waals surface area contributed by atoms with Gasteiger partial charge < -0.3 is 9.55 Å². The molecule has 2 heterocycles. The van der Waals surface area contributed by atoms with E-state index in [1.807, 2.05) is 43.7 Å². The third-order valence-electron chi connectivity index (χ3n) is 3.81. The van der Waals surface area contributed by atoms with Crippen LogP contribution in [0, 0.1) is 13.8 Å². The molecule has 0 atom stereocenters. The van der Waals surface area contributed by atoms with Gasteiger partial charge in [0.2, 0.25) is 0 Å². The highest BCUT2D eigenvalue weighted by Crippen LogP contribution is 2.20. The summed E-state index contributed by atoms with van der Waals surface area (Å²) in [6.07, 6.45) is 3.31. The third kappa shape index (κ3) is 4.40. The Morgan fingerprint density at radius 3 is 2.73 bits per heavy atom. The fourth-order valence-electron chi connectivity index (χ4n) is 2.41. The molecular weight excluding hydrogens is 348 g/mol. The highest BCUT2D eigenvalue weighted by Gasteiger charge is 2.06. The minimum atomic E-state index is -0.237. The molecule has 0 aliphatic heterocycles. The molecule has 0 saturated carbocycles. The van der Waals surface area contributed by atoms with Gasteiger partial charge in [-0.15, -0.1) is 10.2 Å². The van der Waals surface area contributed by atoms with E-state index in [0.29, 0.717) is 5.56 Å². The zero-order chi connectivity index (χ0) is 18.5. The molecule has 0 saturated heterocycles. The minimum absolute atomic E-state index is 0.237. The number of aryl methyl sites for hydroxylation is 3. The molecule has 0 aliphatic carbocycles. The molecule has 3 rings (SSSR count). The first-order chi connectivity index (χ1) is 12.5. The van der Waals surface area contributed by atoms with Crippen LogP contribution in [-0.2, 0) is 12.8 Å². The van der Waals surface area contributed by atoms with Gasteiger partial charge in [-0.3, -0.25) is 4.79 Å². The van der Waals surface area contributed by atoms with Crippen molar-refractivity contribution >= 4 is 23.9 Å². The van der Waals surface area contributed by atoms with Crippen molar-refractivity contribution in [1.82, 2.24) is 25.2 Å². The number of hydrazone groups is 1. The summed E-state index contributed by atoms with van der Waals surface area (Å²) in [5, 5.41) is 12.8. The zero-order valence-electron chi connectivity index (χ0n) is 14.9. The number of carbonyl (C=O) groups is 1. The van der Waals surface area contributed by atoms with E-state index in [-0.39, 0.29) is 5.91 Å². The first-order valence-corrected chi connectivity index (χ1v) is 9.07. The molecule has 0 aliphatic rings. The van der Waals surface area contributed by atoms with Gasteiger partial charge in [0.1, 0.15) is 6.33 Å². The summed E-state index contributed by atoms with van der Waals surface area (Å²) in [6.45, 7) is 3.95. The lowest BCUT2D eigenvalue weighted by atomic mass is 10.1. The molecule has 26 heavy (non-hydrogen) atoms. The SMILES string of the molecule is Cc1cc(/C=N/NC(=O)c2ccc(CSc3nncn3C)cc2)c(C)[nH]1. The maximum absolute atomic E-state index is 12.2. The largest absolute Gasteiger partial charge is 0.362 e. The molecule has 3 aromatic rings. The van der Waals surface area contributed by atoms with Crippen molar-refractivity contribution in [3.05, 3.63) is 64.7 Å². The van der Waals surface area contributed by atoms with E-state index < -0.39 is 0 Å². The van der Waals surface area contributed by atoms with Gasteiger partial charge in [-0.1, -0.05) is 23.9 Å². The number of aromatic nitrogens is 4. The number of hydrogen-bond donors (Lipinski definition) is 2. The monoisotopic (exact) mass is 368 g/mol. The average Bonchev–Trinajstić information content (AvgIpc) is 3.18. The van der Waals surface area contributed by atoms with E-state index in [4.69, 9.17) is 0 Å². The van der Waals surface area contributed by atoms with Crippen LogP contribution in [0.5, 0.6) is 0 Å². The molecule has 7 nitrogen and oxygen atoms in total. The lowest BCUT2D eigenvalue weighted by Gasteiger charge is -2.03. The topological polar surface area (TPSA) is 88.0 Å². The molecule has 2 aromatic heterocycles. The van der Waals surface area contributed by atoms with Crippen molar-refractivity contribution in [2.45, 2.75) is 24.8 Å². The fourth-order valence-corrected chi connectivity index (χ4v) is 3.25. The molecule has 0 unspecified atom stereocenters. The number of rotatable bonds is 6. The number of carbonyl (C=O) groups excluding carboxylic acids is 1. The first kappa shape index (κ1) is 17.9. The summed E-state index contributed by atoms with van der Waals surface area (Å²) < 4.78 is 1.87. The number of hydrogen-bond acceptors (Lipinski definition) is 5. The second-order valence-electron chi connectivity index (χ2n) is 5.94. The molecule has 0 radical (unpaired) electrons. The van der Waals surface area contributed by atoms with E-state index in [1.54, 1.807) is 36.4 Å². The van der Waals surface area contributed by atoms with Gasteiger partial charge in [-0.25, -0.2) is 5.43 Å². The Balaban J connectivity index is 1.55. The summed E-state index contributed by atoms with van der Waals surface area (Å²) in [7, 11) is 1.91. The van der Waals surface area contributed by atoms with Crippen LogP contribution in [0.15, 0.2) is 46.9 Å². The molecule has 0 spiro atoms. The van der Waals surface area contributed by atoms with Crippen molar-refractivity contribution in [2.75, 3.05) is 0 Å². The van der Waals surface area contributed by atoms with Gasteiger partial charge in [0.05, 0.1) is 6.21 Å². The number of thioether (sulfide) groups is 1. The number of nitrogens with one attached hydrogen (secondary N) is 2. The van der Waals surface area contributed by atoms with Gasteiger partial charge in [0, 0.05) is 35.3 Å². The number of amides is 1. The number of aromatic amines is 1. The molecule has 0 bridgehead atoms. The van der Waals surface area contributed by atoms with Gasteiger partial charge in [-0.2, -0.15) is 5.10 Å². The van der Waals surface area contributed by atoms with E-state index in [1.165, 1.54) is 0 Å². The Labute approximate surface area is 155 Å². The standard InChI is InChI=1S/C18H20N6OS/c1-12-8-16(13(2)21-12)9-19-22-17(25)15-6-4-14(5-7-15)10-26-18-23-20-11-24(18)3/h4-9,11,21H,10H2,1-3H3,(H,22,25)/b19-9+. The lowest BCUT2D eigenvalue weighted by molar-refractivity contribution is 0.0955. The maximum Gasteiger partial charge on any atom is 0.271 e. The average molecular weight is 368 g/mol. The van der Waals surface area contributed by atoms with Crippen LogP contribution in [0.4, 0.5) is 0 Å². The zero-order valence-corrected chi connectivity index (χ0v) is 15.7. The molecule has 0 fully saturated rings. The Hall–Kier alpha value is -2.87. The normalized spacial score (nSPS) is 11.2. The molecule has 8 heteroatoms. The lowest BCUT2D eigenvalue weighted by Crippen LogP contribution is -2.17. The summed E-state index contributed by atoms with van der Waals surface area (Å²) in [4.78, 5) is 15.4. The summed E-state index contributed by atoms with van der Waals surface area (Å²) in [6, 6.07) is 9.43. The predicted molar refractivity (Wildman–Crippen MR) is 102 cm³/mol. The first-order valence-electron chi connectivity index (χ1n) is 8.08. The Bertz CT molecular complexity index is 926. The molecule has 134 valence electrons. The molecule has 1 amide bonds.